The van der Waals surface area contributed by atoms with Crippen molar-refractivity contribution in [2.75, 3.05) is 46.9 Å². The summed E-state index contributed by atoms with van der Waals surface area (Å²) in [5.41, 5.74) is 0. The van der Waals surface area contributed by atoms with Crippen LogP contribution in [-0.4, -0.2) is 57.7 Å². The van der Waals surface area contributed by atoms with Crippen molar-refractivity contribution in [3.05, 3.63) is 42.5 Å². The maximum atomic E-state index is 5.89. The van der Waals surface area contributed by atoms with Gasteiger partial charge >= 0.3 is 0 Å². The molecule has 0 spiro atoms. The minimum absolute atomic E-state index is 0.690. The van der Waals surface area contributed by atoms with Crippen LogP contribution in [0, 0.1) is 5.92 Å². The minimum Gasteiger partial charge on any atom is -0.494 e. The third kappa shape index (κ3) is 6.14. The molecule has 0 radical (unpaired) electrons. The third-order valence-corrected chi connectivity index (χ3v) is 5.11. The molecule has 2 aromatic rings. The van der Waals surface area contributed by atoms with Crippen LogP contribution in [0.5, 0.6) is 5.75 Å². The third-order valence-electron chi connectivity index (χ3n) is 5.11. The van der Waals surface area contributed by atoms with E-state index in [0.717, 1.165) is 31.2 Å². The molecular weight excluding hydrogens is 336 g/mol. The van der Waals surface area contributed by atoms with Gasteiger partial charge < -0.3 is 20.3 Å². The Balaban J connectivity index is 1.33. The van der Waals surface area contributed by atoms with E-state index in [4.69, 9.17) is 4.74 Å². The number of fused-ring (bicyclic) bond motifs is 1. The van der Waals surface area contributed by atoms with Gasteiger partial charge in [-0.05, 0) is 61.7 Å². The summed E-state index contributed by atoms with van der Waals surface area (Å²) >= 11 is 0. The van der Waals surface area contributed by atoms with Crippen molar-refractivity contribution < 1.29 is 4.74 Å². The van der Waals surface area contributed by atoms with E-state index in [9.17, 15) is 0 Å². The lowest BCUT2D eigenvalue weighted by molar-refractivity contribution is 0.210. The summed E-state index contributed by atoms with van der Waals surface area (Å²) in [6.07, 6.45) is 3.52. The average Bonchev–Trinajstić information content (AvgIpc) is 2.70. The Morgan fingerprint density at radius 2 is 2.04 bits per heavy atom. The quantitative estimate of drug-likeness (QED) is 0.448. The van der Waals surface area contributed by atoms with Crippen LogP contribution >= 0.6 is 0 Å². The number of likely N-dealkylation sites (tertiary alicyclic amines) is 1. The highest BCUT2D eigenvalue weighted by Crippen LogP contribution is 2.20. The van der Waals surface area contributed by atoms with Crippen molar-refractivity contribution in [3.8, 4) is 5.75 Å². The first kappa shape index (κ1) is 19.5. The van der Waals surface area contributed by atoms with Crippen molar-refractivity contribution in [1.29, 1.82) is 0 Å². The largest absolute Gasteiger partial charge is 0.494 e. The number of aliphatic imine (C=N–C) groups is 1. The van der Waals surface area contributed by atoms with Crippen molar-refractivity contribution in [1.82, 2.24) is 15.5 Å². The van der Waals surface area contributed by atoms with Gasteiger partial charge in [0, 0.05) is 26.7 Å². The molecule has 5 heteroatoms. The zero-order chi connectivity index (χ0) is 18.9. The highest BCUT2D eigenvalue weighted by atomic mass is 16.5. The molecule has 0 saturated carbocycles. The molecule has 27 heavy (non-hydrogen) atoms. The maximum absolute atomic E-state index is 5.89. The standard InChI is InChI=1S/C22H32N4O/c1-23-22(25-16-18-7-5-13-26(2)17-18)24-12-6-14-27-21-11-10-19-8-3-4-9-20(19)15-21/h3-4,8-11,15,18H,5-7,12-14,16-17H2,1-2H3,(H2,23,24,25). The first-order valence-electron chi connectivity index (χ1n) is 9.99. The Morgan fingerprint density at radius 3 is 2.85 bits per heavy atom. The number of rotatable bonds is 7. The van der Waals surface area contributed by atoms with Gasteiger partial charge in [-0.25, -0.2) is 0 Å². The maximum Gasteiger partial charge on any atom is 0.190 e. The Morgan fingerprint density at radius 1 is 1.19 bits per heavy atom. The number of ether oxygens (including phenoxy) is 1. The van der Waals surface area contributed by atoms with E-state index >= 15 is 0 Å². The number of benzene rings is 2. The Bertz CT molecular complexity index is 746. The van der Waals surface area contributed by atoms with Crippen molar-refractivity contribution in [2.24, 2.45) is 10.9 Å². The normalized spacial score (nSPS) is 18.4. The van der Waals surface area contributed by atoms with Gasteiger partial charge in [0.15, 0.2) is 5.96 Å². The predicted molar refractivity (Wildman–Crippen MR) is 114 cm³/mol. The Labute approximate surface area is 162 Å². The van der Waals surface area contributed by atoms with Crippen LogP contribution in [-0.2, 0) is 0 Å². The summed E-state index contributed by atoms with van der Waals surface area (Å²) in [4.78, 5) is 6.73. The lowest BCUT2D eigenvalue weighted by Crippen LogP contribution is -2.43. The molecule has 5 nitrogen and oxygen atoms in total. The molecule has 0 aliphatic carbocycles. The topological polar surface area (TPSA) is 48.9 Å². The molecule has 1 unspecified atom stereocenters. The van der Waals surface area contributed by atoms with Gasteiger partial charge in [0.2, 0.25) is 0 Å². The zero-order valence-corrected chi connectivity index (χ0v) is 16.6. The second kappa shape index (κ2) is 10.2. The van der Waals surface area contributed by atoms with Crippen LogP contribution in [0.25, 0.3) is 10.8 Å². The SMILES string of the molecule is CN=C(NCCCOc1ccc2ccccc2c1)NCC1CCCN(C)C1. The van der Waals surface area contributed by atoms with E-state index in [1.54, 1.807) is 0 Å². The Kier molecular flexibility index (Phi) is 7.34. The summed E-state index contributed by atoms with van der Waals surface area (Å²) in [5, 5.41) is 9.30. The van der Waals surface area contributed by atoms with Gasteiger partial charge in [-0.2, -0.15) is 0 Å². The van der Waals surface area contributed by atoms with E-state index in [-0.39, 0.29) is 0 Å². The first-order valence-corrected chi connectivity index (χ1v) is 9.99. The van der Waals surface area contributed by atoms with Crippen LogP contribution in [0.15, 0.2) is 47.5 Å². The van der Waals surface area contributed by atoms with Crippen molar-refractivity contribution in [2.45, 2.75) is 19.3 Å². The van der Waals surface area contributed by atoms with Crippen molar-refractivity contribution in [3.63, 3.8) is 0 Å². The van der Waals surface area contributed by atoms with E-state index in [2.05, 4.69) is 64.0 Å². The fraction of sp³-hybridized carbons (Fsp3) is 0.500. The first-order chi connectivity index (χ1) is 13.2. The highest BCUT2D eigenvalue weighted by molar-refractivity contribution is 5.83. The predicted octanol–water partition coefficient (Wildman–Crippen LogP) is 3.12. The molecule has 0 bridgehead atoms. The molecule has 0 amide bonds. The van der Waals surface area contributed by atoms with E-state index in [1.807, 2.05) is 13.1 Å². The van der Waals surface area contributed by atoms with E-state index in [0.29, 0.717) is 12.5 Å². The molecule has 146 valence electrons. The van der Waals surface area contributed by atoms with Crippen LogP contribution in [0.1, 0.15) is 19.3 Å². The molecule has 1 saturated heterocycles. The summed E-state index contributed by atoms with van der Waals surface area (Å²) in [7, 11) is 4.03. The molecule has 1 heterocycles. The second-order valence-electron chi connectivity index (χ2n) is 7.36. The smallest absolute Gasteiger partial charge is 0.190 e. The fourth-order valence-electron chi connectivity index (χ4n) is 3.63. The van der Waals surface area contributed by atoms with Crippen LogP contribution in [0.4, 0.5) is 0 Å². The Hall–Kier alpha value is -2.27. The number of hydrogen-bond donors (Lipinski definition) is 2. The van der Waals surface area contributed by atoms with E-state index in [1.165, 1.54) is 36.7 Å². The van der Waals surface area contributed by atoms with E-state index < -0.39 is 0 Å². The molecule has 0 aromatic heterocycles. The van der Waals surface area contributed by atoms with Gasteiger partial charge in [0.05, 0.1) is 6.61 Å². The van der Waals surface area contributed by atoms with Crippen LogP contribution in [0.2, 0.25) is 0 Å². The number of nitrogens with one attached hydrogen (secondary N) is 2. The zero-order valence-electron chi connectivity index (χ0n) is 16.6. The molecule has 2 N–H and O–H groups in total. The molecule has 2 aromatic carbocycles. The number of piperidine rings is 1. The number of hydrogen-bond acceptors (Lipinski definition) is 3. The summed E-state index contributed by atoms with van der Waals surface area (Å²) in [6, 6.07) is 14.6. The lowest BCUT2D eigenvalue weighted by atomic mass is 9.99. The molecule has 1 aliphatic heterocycles. The summed E-state index contributed by atoms with van der Waals surface area (Å²) < 4.78 is 5.89. The van der Waals surface area contributed by atoms with Gasteiger partial charge in [-0.1, -0.05) is 30.3 Å². The lowest BCUT2D eigenvalue weighted by Gasteiger charge is -2.30. The molecule has 1 aliphatic rings. The van der Waals surface area contributed by atoms with Gasteiger partial charge in [0.1, 0.15) is 5.75 Å². The minimum atomic E-state index is 0.690. The monoisotopic (exact) mass is 368 g/mol. The summed E-state index contributed by atoms with van der Waals surface area (Å²) in [5.74, 6) is 2.52. The van der Waals surface area contributed by atoms with Gasteiger partial charge in [0.25, 0.3) is 0 Å². The van der Waals surface area contributed by atoms with Gasteiger partial charge in [-0.3, -0.25) is 4.99 Å². The molecule has 3 rings (SSSR count). The molecule has 1 fully saturated rings. The van der Waals surface area contributed by atoms with Crippen LogP contribution in [0.3, 0.4) is 0 Å². The summed E-state index contributed by atoms with van der Waals surface area (Å²) in [6.45, 7) is 4.91. The average molecular weight is 369 g/mol. The molecular formula is C22H32N4O. The van der Waals surface area contributed by atoms with Crippen molar-refractivity contribution >= 4 is 16.7 Å². The highest BCUT2D eigenvalue weighted by Gasteiger charge is 2.17. The second-order valence-corrected chi connectivity index (χ2v) is 7.36. The fourth-order valence-corrected chi connectivity index (χ4v) is 3.63. The van der Waals surface area contributed by atoms with Gasteiger partial charge in [-0.15, -0.1) is 0 Å². The van der Waals surface area contributed by atoms with Crippen LogP contribution < -0.4 is 15.4 Å². The number of nitrogens with zero attached hydrogens (tertiary/aromatic N) is 2. The molecule has 1 atom stereocenters. The number of guanidine groups is 1.